The highest BCUT2D eigenvalue weighted by Crippen LogP contribution is 2.30. The summed E-state index contributed by atoms with van der Waals surface area (Å²) in [5, 5.41) is 0. The van der Waals surface area contributed by atoms with Gasteiger partial charge in [0.05, 0.1) is 11.3 Å². The number of hydrogen-bond donors (Lipinski definition) is 0. The number of alkyl halides is 4. The number of halogens is 5. The van der Waals surface area contributed by atoms with Crippen molar-refractivity contribution in [3.63, 3.8) is 0 Å². The SMILES string of the molecule is FCc1ncc(C(F)(F)F)cc1I. The molecule has 0 N–H and O–H groups in total. The van der Waals surface area contributed by atoms with Crippen molar-refractivity contribution in [2.45, 2.75) is 12.9 Å². The second-order valence-corrected chi connectivity index (χ2v) is 3.45. The smallest absolute Gasteiger partial charge is 0.257 e. The molecule has 72 valence electrons. The first-order valence-corrected chi connectivity index (χ1v) is 4.30. The number of hydrogen-bond acceptors (Lipinski definition) is 1. The van der Waals surface area contributed by atoms with E-state index in [1.807, 2.05) is 0 Å². The van der Waals surface area contributed by atoms with Gasteiger partial charge in [-0.1, -0.05) is 0 Å². The second-order valence-electron chi connectivity index (χ2n) is 2.28. The maximum atomic E-state index is 12.1. The highest BCUT2D eigenvalue weighted by Gasteiger charge is 2.31. The molecule has 1 nitrogen and oxygen atoms in total. The Balaban J connectivity index is 3.10. The third-order valence-corrected chi connectivity index (χ3v) is 2.31. The third kappa shape index (κ3) is 2.52. The van der Waals surface area contributed by atoms with Crippen molar-refractivity contribution in [1.82, 2.24) is 4.98 Å². The summed E-state index contributed by atoms with van der Waals surface area (Å²) in [6.07, 6.45) is -3.78. The van der Waals surface area contributed by atoms with E-state index in [0.717, 1.165) is 6.07 Å². The topological polar surface area (TPSA) is 12.9 Å². The maximum Gasteiger partial charge on any atom is 0.417 e. The van der Waals surface area contributed by atoms with Gasteiger partial charge in [0.15, 0.2) is 0 Å². The van der Waals surface area contributed by atoms with E-state index in [0.29, 0.717) is 6.20 Å². The monoisotopic (exact) mass is 305 g/mol. The van der Waals surface area contributed by atoms with Crippen LogP contribution in [0.3, 0.4) is 0 Å². The molecule has 1 aromatic heterocycles. The predicted octanol–water partition coefficient (Wildman–Crippen LogP) is 3.17. The van der Waals surface area contributed by atoms with Crippen molar-refractivity contribution < 1.29 is 17.6 Å². The standard InChI is InChI=1S/C7H4F4IN/c8-2-6-5(12)1-4(3-13-6)7(9,10)11/h1,3H,2H2. The van der Waals surface area contributed by atoms with Gasteiger partial charge in [-0.05, 0) is 28.7 Å². The Bertz CT molecular complexity index is 310. The second kappa shape index (κ2) is 3.77. The average molecular weight is 305 g/mol. The number of pyridine rings is 1. The lowest BCUT2D eigenvalue weighted by Crippen LogP contribution is -2.07. The molecule has 1 rings (SSSR count). The van der Waals surface area contributed by atoms with Gasteiger partial charge in [-0.3, -0.25) is 4.98 Å². The molecule has 0 aromatic carbocycles. The predicted molar refractivity (Wildman–Crippen MR) is 46.8 cm³/mol. The van der Waals surface area contributed by atoms with Crippen molar-refractivity contribution in [1.29, 1.82) is 0 Å². The molecule has 0 atom stereocenters. The zero-order chi connectivity index (χ0) is 10.1. The molecule has 6 heteroatoms. The van der Waals surface area contributed by atoms with E-state index in [-0.39, 0.29) is 9.26 Å². The molecule has 13 heavy (non-hydrogen) atoms. The van der Waals surface area contributed by atoms with Gasteiger partial charge in [0, 0.05) is 9.77 Å². The van der Waals surface area contributed by atoms with Gasteiger partial charge in [-0.15, -0.1) is 0 Å². The summed E-state index contributed by atoms with van der Waals surface area (Å²) in [4.78, 5) is 3.36. The highest BCUT2D eigenvalue weighted by molar-refractivity contribution is 14.1. The fraction of sp³-hybridized carbons (Fsp3) is 0.286. The minimum absolute atomic E-state index is 0.0357. The highest BCUT2D eigenvalue weighted by atomic mass is 127. The van der Waals surface area contributed by atoms with Crippen LogP contribution in [0.4, 0.5) is 17.6 Å². The van der Waals surface area contributed by atoms with Crippen LogP contribution in [0.2, 0.25) is 0 Å². The van der Waals surface area contributed by atoms with Crippen molar-refractivity contribution in [3.05, 3.63) is 27.1 Å². The van der Waals surface area contributed by atoms with Crippen LogP contribution in [0.5, 0.6) is 0 Å². The Hall–Kier alpha value is -0.400. The minimum Gasteiger partial charge on any atom is -0.257 e. The van der Waals surface area contributed by atoms with Crippen LogP contribution in [0.1, 0.15) is 11.3 Å². The Labute approximate surface area is 85.3 Å². The molecule has 0 spiro atoms. The first kappa shape index (κ1) is 10.7. The minimum atomic E-state index is -4.41. The first-order chi connectivity index (χ1) is 5.95. The lowest BCUT2D eigenvalue weighted by atomic mass is 10.2. The molecular weight excluding hydrogens is 301 g/mol. The Morgan fingerprint density at radius 1 is 1.38 bits per heavy atom. The van der Waals surface area contributed by atoms with Crippen LogP contribution >= 0.6 is 22.6 Å². The fourth-order valence-corrected chi connectivity index (χ4v) is 1.34. The van der Waals surface area contributed by atoms with Crippen molar-refractivity contribution in [3.8, 4) is 0 Å². The Morgan fingerprint density at radius 3 is 2.38 bits per heavy atom. The van der Waals surface area contributed by atoms with Gasteiger partial charge in [-0.25, -0.2) is 4.39 Å². The average Bonchev–Trinajstić information content (AvgIpc) is 2.02. The molecule has 1 heterocycles. The lowest BCUT2D eigenvalue weighted by Gasteiger charge is -2.07. The van der Waals surface area contributed by atoms with Crippen LogP contribution in [0.25, 0.3) is 0 Å². The number of aromatic nitrogens is 1. The summed E-state index contributed by atoms with van der Waals surface area (Å²) in [6.45, 7) is -0.851. The van der Waals surface area contributed by atoms with Crippen molar-refractivity contribution in [2.75, 3.05) is 0 Å². The quantitative estimate of drug-likeness (QED) is 0.574. The maximum absolute atomic E-state index is 12.1. The van der Waals surface area contributed by atoms with Gasteiger partial charge >= 0.3 is 6.18 Å². The van der Waals surface area contributed by atoms with Crippen LogP contribution in [0.15, 0.2) is 12.3 Å². The van der Waals surface area contributed by atoms with E-state index in [9.17, 15) is 17.6 Å². The van der Waals surface area contributed by atoms with Crippen LogP contribution in [-0.4, -0.2) is 4.98 Å². The largest absolute Gasteiger partial charge is 0.417 e. The molecule has 0 saturated carbocycles. The van der Waals surface area contributed by atoms with Crippen molar-refractivity contribution >= 4 is 22.6 Å². The third-order valence-electron chi connectivity index (χ3n) is 1.37. The van der Waals surface area contributed by atoms with Gasteiger partial charge in [-0.2, -0.15) is 13.2 Å². The molecule has 0 unspecified atom stereocenters. The molecule has 0 bridgehead atoms. The number of rotatable bonds is 1. The van der Waals surface area contributed by atoms with E-state index in [1.54, 1.807) is 22.6 Å². The molecule has 0 aliphatic rings. The molecule has 0 fully saturated rings. The molecule has 0 saturated heterocycles. The summed E-state index contributed by atoms with van der Waals surface area (Å²) in [6, 6.07) is 0.877. The molecule has 1 aromatic rings. The van der Waals surface area contributed by atoms with E-state index >= 15 is 0 Å². The van der Waals surface area contributed by atoms with Gasteiger partial charge in [0.1, 0.15) is 6.67 Å². The molecule has 0 aliphatic carbocycles. The zero-order valence-electron chi connectivity index (χ0n) is 6.20. The fourth-order valence-electron chi connectivity index (χ4n) is 0.720. The summed E-state index contributed by atoms with van der Waals surface area (Å²) >= 11 is 1.62. The van der Waals surface area contributed by atoms with E-state index < -0.39 is 18.4 Å². The first-order valence-electron chi connectivity index (χ1n) is 3.22. The molecule has 0 amide bonds. The zero-order valence-corrected chi connectivity index (χ0v) is 8.36. The van der Waals surface area contributed by atoms with Crippen LogP contribution in [-0.2, 0) is 12.9 Å². The summed E-state index contributed by atoms with van der Waals surface area (Å²) in [7, 11) is 0. The summed E-state index contributed by atoms with van der Waals surface area (Å²) in [5.41, 5.74) is -0.817. The van der Waals surface area contributed by atoms with E-state index in [2.05, 4.69) is 4.98 Å². The molecular formula is C7H4F4IN. The van der Waals surface area contributed by atoms with Crippen LogP contribution < -0.4 is 0 Å². The molecule has 0 aliphatic heterocycles. The van der Waals surface area contributed by atoms with Gasteiger partial charge < -0.3 is 0 Å². The Morgan fingerprint density at radius 2 is 2.00 bits per heavy atom. The summed E-state index contributed by atoms with van der Waals surface area (Å²) in [5.74, 6) is 0. The van der Waals surface area contributed by atoms with Gasteiger partial charge in [0.2, 0.25) is 0 Å². The summed E-state index contributed by atoms with van der Waals surface area (Å²) < 4.78 is 48.5. The van der Waals surface area contributed by atoms with E-state index in [4.69, 9.17) is 0 Å². The van der Waals surface area contributed by atoms with Crippen LogP contribution in [0, 0.1) is 3.57 Å². The molecule has 0 radical (unpaired) electrons. The van der Waals surface area contributed by atoms with E-state index in [1.165, 1.54) is 0 Å². The Kier molecular flexibility index (Phi) is 3.09. The normalized spacial score (nSPS) is 11.8. The number of nitrogens with zero attached hydrogens (tertiary/aromatic N) is 1. The van der Waals surface area contributed by atoms with Gasteiger partial charge in [0.25, 0.3) is 0 Å². The van der Waals surface area contributed by atoms with Crippen molar-refractivity contribution in [2.24, 2.45) is 0 Å². The lowest BCUT2D eigenvalue weighted by molar-refractivity contribution is -0.137.